The van der Waals surface area contributed by atoms with Crippen molar-refractivity contribution in [3.63, 3.8) is 0 Å². The van der Waals surface area contributed by atoms with Gasteiger partial charge in [0.05, 0.1) is 7.11 Å². The monoisotopic (exact) mass is 550 g/mol. The minimum absolute atomic E-state index is 0.117. The fraction of sp³-hybridized carbons (Fsp3) is 0.138. The number of nitrogens with one attached hydrogen (secondary N) is 2. The molecule has 0 aliphatic rings. The van der Waals surface area contributed by atoms with E-state index in [0.29, 0.717) is 18.0 Å². The Kier molecular flexibility index (Phi) is 9.02. The molecule has 0 aliphatic carbocycles. The average molecular weight is 551 g/mol. The highest BCUT2D eigenvalue weighted by molar-refractivity contribution is 7.89. The Bertz CT molecular complexity index is 1460. The summed E-state index contributed by atoms with van der Waals surface area (Å²) in [6.07, 6.45) is 0.132. The Labute approximate surface area is 227 Å². The van der Waals surface area contributed by atoms with Gasteiger partial charge in [0, 0.05) is 10.7 Å². The second-order valence-electron chi connectivity index (χ2n) is 8.45. The molecule has 2 N–H and O–H groups in total. The van der Waals surface area contributed by atoms with Gasteiger partial charge in [-0.1, -0.05) is 72.3 Å². The zero-order valence-electron chi connectivity index (χ0n) is 20.6. The van der Waals surface area contributed by atoms with Gasteiger partial charge in [0.15, 0.2) is 0 Å². The van der Waals surface area contributed by atoms with Crippen LogP contribution >= 0.6 is 11.6 Å². The Hall–Kier alpha value is -3.85. The number of sulfonamides is 1. The van der Waals surface area contributed by atoms with Crippen LogP contribution in [-0.4, -0.2) is 27.5 Å². The predicted octanol–water partition coefficient (Wildman–Crippen LogP) is 5.46. The quantitative estimate of drug-likeness (QED) is 0.259. The first-order valence-electron chi connectivity index (χ1n) is 11.8. The summed E-state index contributed by atoms with van der Waals surface area (Å²) in [6, 6.07) is 29.0. The lowest BCUT2D eigenvalue weighted by Crippen LogP contribution is -2.45. The number of carbonyl (C=O) groups excluding carboxylic acids is 1. The third-order valence-electron chi connectivity index (χ3n) is 5.68. The van der Waals surface area contributed by atoms with Crippen LogP contribution in [0.1, 0.15) is 11.1 Å². The van der Waals surface area contributed by atoms with E-state index >= 15 is 0 Å². The standard InChI is InChI=1S/C29H27ClN2O5S/c1-36-27-17-12-23(30)19-28(27)38(34,35)32-26(18-21-8-4-2-5-9-21)29(33)31-24-13-15-25(16-14-24)37-20-22-10-6-3-7-11-22/h2-17,19,26,32H,18,20H2,1H3,(H,31,33)/t26-/m0/s1. The Morgan fingerprint density at radius 2 is 1.50 bits per heavy atom. The molecule has 0 unspecified atom stereocenters. The van der Waals surface area contributed by atoms with E-state index in [4.69, 9.17) is 21.1 Å². The summed E-state index contributed by atoms with van der Waals surface area (Å²) in [5.74, 6) is 0.240. The van der Waals surface area contributed by atoms with Crippen molar-refractivity contribution in [2.75, 3.05) is 12.4 Å². The first kappa shape index (κ1) is 27.2. The number of hydrogen-bond acceptors (Lipinski definition) is 5. The molecule has 0 saturated carbocycles. The van der Waals surface area contributed by atoms with E-state index in [9.17, 15) is 13.2 Å². The van der Waals surface area contributed by atoms with Crippen LogP contribution in [0.15, 0.2) is 108 Å². The molecule has 1 atom stereocenters. The molecule has 0 heterocycles. The van der Waals surface area contributed by atoms with Crippen LogP contribution in [0.4, 0.5) is 5.69 Å². The highest BCUT2D eigenvalue weighted by Gasteiger charge is 2.28. The molecule has 0 spiro atoms. The van der Waals surface area contributed by atoms with Crippen molar-refractivity contribution in [1.29, 1.82) is 0 Å². The first-order valence-corrected chi connectivity index (χ1v) is 13.7. The van der Waals surface area contributed by atoms with Crippen molar-refractivity contribution < 1.29 is 22.7 Å². The highest BCUT2D eigenvalue weighted by Crippen LogP contribution is 2.27. The van der Waals surface area contributed by atoms with Gasteiger partial charge in [-0.3, -0.25) is 4.79 Å². The number of halogens is 1. The van der Waals surface area contributed by atoms with E-state index in [1.807, 2.05) is 60.7 Å². The lowest BCUT2D eigenvalue weighted by Gasteiger charge is -2.20. The number of benzene rings is 4. The SMILES string of the molecule is COc1ccc(Cl)cc1S(=O)(=O)N[C@@H](Cc1ccccc1)C(=O)Nc1ccc(OCc2ccccc2)cc1. The maximum absolute atomic E-state index is 13.3. The highest BCUT2D eigenvalue weighted by atomic mass is 35.5. The molecule has 4 rings (SSSR count). The van der Waals surface area contributed by atoms with Gasteiger partial charge in [0.2, 0.25) is 15.9 Å². The molecule has 4 aromatic carbocycles. The first-order chi connectivity index (χ1) is 18.3. The van der Waals surface area contributed by atoms with E-state index in [0.717, 1.165) is 11.1 Å². The van der Waals surface area contributed by atoms with Gasteiger partial charge in [0.1, 0.15) is 29.0 Å². The van der Waals surface area contributed by atoms with Crippen molar-refractivity contribution in [2.45, 2.75) is 24.0 Å². The lowest BCUT2D eigenvalue weighted by molar-refractivity contribution is -0.117. The number of ether oxygens (including phenoxy) is 2. The lowest BCUT2D eigenvalue weighted by atomic mass is 10.1. The van der Waals surface area contributed by atoms with Crippen LogP contribution in [-0.2, 0) is 27.8 Å². The fourth-order valence-electron chi connectivity index (χ4n) is 3.75. The van der Waals surface area contributed by atoms with E-state index in [2.05, 4.69) is 10.0 Å². The molecule has 0 aromatic heterocycles. The Morgan fingerprint density at radius 3 is 2.13 bits per heavy atom. The molecule has 0 aliphatic heterocycles. The molecule has 38 heavy (non-hydrogen) atoms. The summed E-state index contributed by atoms with van der Waals surface area (Å²) in [5.41, 5.74) is 2.33. The van der Waals surface area contributed by atoms with Crippen molar-refractivity contribution in [1.82, 2.24) is 4.72 Å². The molecule has 196 valence electrons. The third-order valence-corrected chi connectivity index (χ3v) is 7.41. The number of hydrogen-bond donors (Lipinski definition) is 2. The second kappa shape index (κ2) is 12.6. The fourth-order valence-corrected chi connectivity index (χ4v) is 5.38. The topological polar surface area (TPSA) is 93.7 Å². The minimum atomic E-state index is -4.16. The predicted molar refractivity (Wildman–Crippen MR) is 148 cm³/mol. The molecule has 0 bridgehead atoms. The molecule has 0 saturated heterocycles. The molecule has 0 fully saturated rings. The maximum atomic E-state index is 13.3. The number of rotatable bonds is 11. The summed E-state index contributed by atoms with van der Waals surface area (Å²) < 4.78 is 40.2. The van der Waals surface area contributed by atoms with Crippen LogP contribution in [0, 0.1) is 0 Å². The molecular weight excluding hydrogens is 524 g/mol. The number of carbonyl (C=O) groups is 1. The van der Waals surface area contributed by atoms with Crippen LogP contribution in [0.2, 0.25) is 5.02 Å². The molecule has 7 nitrogen and oxygen atoms in total. The maximum Gasteiger partial charge on any atom is 0.245 e. The van der Waals surface area contributed by atoms with Gasteiger partial charge in [-0.25, -0.2) is 8.42 Å². The van der Waals surface area contributed by atoms with Crippen LogP contribution in [0.25, 0.3) is 0 Å². The molecular formula is C29H27ClN2O5S. The molecule has 9 heteroatoms. The minimum Gasteiger partial charge on any atom is -0.495 e. The van der Waals surface area contributed by atoms with Gasteiger partial charge in [-0.15, -0.1) is 0 Å². The van der Waals surface area contributed by atoms with Gasteiger partial charge < -0.3 is 14.8 Å². The number of amides is 1. The Morgan fingerprint density at radius 1 is 0.868 bits per heavy atom. The summed E-state index contributed by atoms with van der Waals surface area (Å²) in [6.45, 7) is 0.417. The third kappa shape index (κ3) is 7.35. The normalized spacial score (nSPS) is 11.9. The second-order valence-corrected chi connectivity index (χ2v) is 10.6. The van der Waals surface area contributed by atoms with Gasteiger partial charge >= 0.3 is 0 Å². The zero-order chi connectivity index (χ0) is 27.0. The van der Waals surface area contributed by atoms with Gasteiger partial charge in [-0.05, 0) is 60.0 Å². The van der Waals surface area contributed by atoms with Crippen molar-refractivity contribution >= 4 is 33.2 Å². The zero-order valence-corrected chi connectivity index (χ0v) is 22.2. The van der Waals surface area contributed by atoms with E-state index in [-0.39, 0.29) is 22.1 Å². The van der Waals surface area contributed by atoms with Crippen molar-refractivity contribution in [3.05, 3.63) is 119 Å². The Balaban J connectivity index is 1.50. The van der Waals surface area contributed by atoms with E-state index in [1.54, 1.807) is 24.3 Å². The van der Waals surface area contributed by atoms with Crippen molar-refractivity contribution in [3.8, 4) is 11.5 Å². The summed E-state index contributed by atoms with van der Waals surface area (Å²) in [5, 5.41) is 3.03. The van der Waals surface area contributed by atoms with Crippen LogP contribution in [0.3, 0.4) is 0 Å². The summed E-state index contributed by atoms with van der Waals surface area (Å²) in [4.78, 5) is 13.2. The molecule has 0 radical (unpaired) electrons. The molecule has 1 amide bonds. The largest absolute Gasteiger partial charge is 0.495 e. The summed E-state index contributed by atoms with van der Waals surface area (Å²) >= 11 is 6.05. The number of anilines is 1. The van der Waals surface area contributed by atoms with Crippen LogP contribution in [0.5, 0.6) is 11.5 Å². The van der Waals surface area contributed by atoms with E-state index in [1.165, 1.54) is 25.3 Å². The van der Waals surface area contributed by atoms with E-state index < -0.39 is 22.0 Å². The van der Waals surface area contributed by atoms with Gasteiger partial charge in [0.25, 0.3) is 0 Å². The average Bonchev–Trinajstić information content (AvgIpc) is 2.93. The summed E-state index contributed by atoms with van der Waals surface area (Å²) in [7, 11) is -2.80. The molecule has 4 aromatic rings. The van der Waals surface area contributed by atoms with Crippen molar-refractivity contribution in [2.24, 2.45) is 0 Å². The van der Waals surface area contributed by atoms with Crippen LogP contribution < -0.4 is 19.5 Å². The van der Waals surface area contributed by atoms with Gasteiger partial charge in [-0.2, -0.15) is 4.72 Å². The number of methoxy groups -OCH3 is 1. The smallest absolute Gasteiger partial charge is 0.245 e.